The van der Waals surface area contributed by atoms with Crippen molar-refractivity contribution in [3.05, 3.63) is 29.1 Å². The summed E-state index contributed by atoms with van der Waals surface area (Å²) in [5.74, 6) is -0.361. The second-order valence-electron chi connectivity index (χ2n) is 6.47. The van der Waals surface area contributed by atoms with Crippen molar-refractivity contribution in [2.45, 2.75) is 39.8 Å². The Labute approximate surface area is 151 Å². The van der Waals surface area contributed by atoms with Crippen molar-refractivity contribution < 1.29 is 19.5 Å². The van der Waals surface area contributed by atoms with E-state index in [0.29, 0.717) is 17.5 Å². The van der Waals surface area contributed by atoms with Crippen molar-refractivity contribution in [1.29, 1.82) is 0 Å². The van der Waals surface area contributed by atoms with Gasteiger partial charge in [0.1, 0.15) is 11.7 Å². The van der Waals surface area contributed by atoms with Crippen LogP contribution in [0, 0.1) is 12.8 Å². The van der Waals surface area contributed by atoms with Crippen LogP contribution in [0.15, 0.2) is 12.1 Å². The lowest BCUT2D eigenvalue weighted by molar-refractivity contribution is -0.125. The lowest BCUT2D eigenvalue weighted by Crippen LogP contribution is -2.50. The highest BCUT2D eigenvalue weighted by Crippen LogP contribution is 2.23. The minimum absolute atomic E-state index is 0.0188. The molecule has 2 unspecified atom stereocenters. The van der Waals surface area contributed by atoms with Crippen LogP contribution in [0.4, 0.5) is 0 Å². The van der Waals surface area contributed by atoms with Crippen LogP contribution >= 0.6 is 11.8 Å². The molecule has 2 heterocycles. The van der Waals surface area contributed by atoms with Crippen LogP contribution in [0.25, 0.3) is 0 Å². The molecule has 1 aromatic rings. The van der Waals surface area contributed by atoms with E-state index < -0.39 is 12.0 Å². The fourth-order valence-electron chi connectivity index (χ4n) is 2.40. The largest absolute Gasteiger partial charge is 0.478 e. The van der Waals surface area contributed by atoms with Gasteiger partial charge >= 0.3 is 5.97 Å². The van der Waals surface area contributed by atoms with Crippen molar-refractivity contribution in [3.8, 4) is 0 Å². The number of nitrogens with zero attached hydrogens (tertiary/aromatic N) is 2. The number of aryl methyl sites for hydroxylation is 1. The molecule has 7 nitrogen and oxygen atoms in total. The zero-order valence-electron chi connectivity index (χ0n) is 14.8. The van der Waals surface area contributed by atoms with Gasteiger partial charge in [-0.15, -0.1) is 11.8 Å². The standard InChI is InChI=1S/C17H23N3O4S/c1-9(2)10(3)19-15(21)14-7-25-8-20(14)16(22)13-6-5-12(17(23)24)11(4)18-13/h5-6,9-10,14H,7-8H2,1-4H3,(H,19,21)(H,23,24). The van der Waals surface area contributed by atoms with E-state index in [1.54, 1.807) is 6.92 Å². The summed E-state index contributed by atoms with van der Waals surface area (Å²) >= 11 is 1.51. The van der Waals surface area contributed by atoms with Crippen LogP contribution < -0.4 is 5.32 Å². The molecule has 2 N–H and O–H groups in total. The highest BCUT2D eigenvalue weighted by atomic mass is 32.2. The van der Waals surface area contributed by atoms with E-state index in [4.69, 9.17) is 5.11 Å². The summed E-state index contributed by atoms with van der Waals surface area (Å²) < 4.78 is 0. The van der Waals surface area contributed by atoms with Gasteiger partial charge in [-0.25, -0.2) is 9.78 Å². The third kappa shape index (κ3) is 4.31. The van der Waals surface area contributed by atoms with Crippen LogP contribution in [0.2, 0.25) is 0 Å². The molecule has 25 heavy (non-hydrogen) atoms. The Kier molecular flexibility index (Phi) is 6.05. The number of rotatable bonds is 5. The van der Waals surface area contributed by atoms with E-state index in [9.17, 15) is 14.4 Å². The van der Waals surface area contributed by atoms with Gasteiger partial charge in [0.05, 0.1) is 17.1 Å². The second-order valence-corrected chi connectivity index (χ2v) is 7.47. The summed E-state index contributed by atoms with van der Waals surface area (Å²) in [6, 6.07) is 2.25. The lowest BCUT2D eigenvalue weighted by Gasteiger charge is -2.25. The second kappa shape index (κ2) is 7.86. The van der Waals surface area contributed by atoms with E-state index in [2.05, 4.69) is 10.3 Å². The quantitative estimate of drug-likeness (QED) is 0.825. The van der Waals surface area contributed by atoms with E-state index in [-0.39, 0.29) is 34.8 Å². The highest BCUT2D eigenvalue weighted by molar-refractivity contribution is 7.99. The monoisotopic (exact) mass is 365 g/mol. The number of aromatic carboxylic acids is 1. The summed E-state index contributed by atoms with van der Waals surface area (Å²) in [4.78, 5) is 41.9. The number of amides is 2. The molecule has 0 bridgehead atoms. The number of pyridine rings is 1. The lowest BCUT2D eigenvalue weighted by atomic mass is 10.1. The number of aromatic nitrogens is 1. The molecule has 2 rings (SSSR count). The van der Waals surface area contributed by atoms with Gasteiger partial charge in [-0.05, 0) is 31.9 Å². The van der Waals surface area contributed by atoms with Crippen molar-refractivity contribution in [2.75, 3.05) is 11.6 Å². The normalized spacial score (nSPS) is 18.3. The predicted molar refractivity (Wildman–Crippen MR) is 95.7 cm³/mol. The molecule has 1 saturated heterocycles. The zero-order valence-corrected chi connectivity index (χ0v) is 15.6. The molecule has 1 aliphatic heterocycles. The molecule has 8 heteroatoms. The Bertz CT molecular complexity index is 692. The Hall–Kier alpha value is -2.09. The van der Waals surface area contributed by atoms with Crippen molar-refractivity contribution in [3.63, 3.8) is 0 Å². The number of thioether (sulfide) groups is 1. The van der Waals surface area contributed by atoms with Gasteiger partial charge in [0.15, 0.2) is 0 Å². The van der Waals surface area contributed by atoms with E-state index in [1.807, 2.05) is 20.8 Å². The molecule has 0 radical (unpaired) electrons. The van der Waals surface area contributed by atoms with Crippen molar-refractivity contribution in [1.82, 2.24) is 15.2 Å². The fraction of sp³-hybridized carbons (Fsp3) is 0.529. The minimum atomic E-state index is -1.08. The average molecular weight is 365 g/mol. The van der Waals surface area contributed by atoms with Gasteiger partial charge in [-0.3, -0.25) is 9.59 Å². The minimum Gasteiger partial charge on any atom is -0.478 e. The van der Waals surface area contributed by atoms with Gasteiger partial charge in [0.2, 0.25) is 5.91 Å². The maximum atomic E-state index is 12.7. The molecular formula is C17H23N3O4S. The van der Waals surface area contributed by atoms with Crippen LogP contribution in [-0.4, -0.2) is 56.5 Å². The third-order valence-corrected chi connectivity index (χ3v) is 5.36. The fourth-order valence-corrected chi connectivity index (χ4v) is 3.55. The topological polar surface area (TPSA) is 99.6 Å². The molecule has 136 valence electrons. The number of carboxylic acids is 1. The van der Waals surface area contributed by atoms with Gasteiger partial charge in [-0.1, -0.05) is 13.8 Å². The molecule has 1 aromatic heterocycles. The summed E-state index contributed by atoms with van der Waals surface area (Å²) in [5, 5.41) is 12.0. The summed E-state index contributed by atoms with van der Waals surface area (Å²) in [7, 11) is 0. The van der Waals surface area contributed by atoms with Crippen molar-refractivity contribution >= 4 is 29.5 Å². The highest BCUT2D eigenvalue weighted by Gasteiger charge is 2.36. The number of nitrogens with one attached hydrogen (secondary N) is 1. The van der Waals surface area contributed by atoms with Crippen molar-refractivity contribution in [2.24, 2.45) is 5.92 Å². The molecule has 0 saturated carbocycles. The Morgan fingerprint density at radius 1 is 1.32 bits per heavy atom. The first-order chi connectivity index (χ1) is 11.7. The first kappa shape index (κ1) is 19.2. The van der Waals surface area contributed by atoms with E-state index in [1.165, 1.54) is 28.8 Å². The SMILES string of the molecule is Cc1nc(C(=O)N2CSCC2C(=O)NC(C)C(C)C)ccc1C(=O)O. The molecule has 1 fully saturated rings. The summed E-state index contributed by atoms with van der Waals surface area (Å²) in [6.07, 6.45) is 0. The van der Waals surface area contributed by atoms with Gasteiger partial charge in [0.25, 0.3) is 5.91 Å². The Balaban J connectivity index is 2.16. The summed E-state index contributed by atoms with van der Waals surface area (Å²) in [5.41, 5.74) is 0.492. The number of carbonyl (C=O) groups is 3. The molecule has 2 atom stereocenters. The number of hydrogen-bond donors (Lipinski definition) is 2. The molecule has 0 aromatic carbocycles. The van der Waals surface area contributed by atoms with Gasteiger partial charge in [0, 0.05) is 11.8 Å². The number of carbonyl (C=O) groups excluding carboxylic acids is 2. The molecular weight excluding hydrogens is 342 g/mol. The van der Waals surface area contributed by atoms with Crippen LogP contribution in [0.1, 0.15) is 47.3 Å². The van der Waals surface area contributed by atoms with E-state index >= 15 is 0 Å². The maximum absolute atomic E-state index is 12.7. The first-order valence-electron chi connectivity index (χ1n) is 8.12. The Morgan fingerprint density at radius 2 is 2.00 bits per heavy atom. The smallest absolute Gasteiger partial charge is 0.337 e. The van der Waals surface area contributed by atoms with Crippen LogP contribution in [-0.2, 0) is 4.79 Å². The zero-order chi connectivity index (χ0) is 18.7. The third-order valence-electron chi connectivity index (χ3n) is 4.35. The molecule has 1 aliphatic rings. The number of hydrogen-bond acceptors (Lipinski definition) is 5. The molecule has 0 aliphatic carbocycles. The number of carboxylic acid groups (broad SMARTS) is 1. The predicted octanol–water partition coefficient (Wildman–Crippen LogP) is 1.76. The summed E-state index contributed by atoms with van der Waals surface area (Å²) in [6.45, 7) is 7.53. The van der Waals surface area contributed by atoms with E-state index in [0.717, 1.165) is 0 Å². The Morgan fingerprint density at radius 3 is 2.56 bits per heavy atom. The molecule has 0 spiro atoms. The van der Waals surface area contributed by atoms with Gasteiger partial charge < -0.3 is 15.3 Å². The van der Waals surface area contributed by atoms with Crippen LogP contribution in [0.5, 0.6) is 0 Å². The molecule has 2 amide bonds. The average Bonchev–Trinajstić information content (AvgIpc) is 3.03. The maximum Gasteiger partial charge on any atom is 0.337 e. The van der Waals surface area contributed by atoms with Gasteiger partial charge in [-0.2, -0.15) is 0 Å². The van der Waals surface area contributed by atoms with Crippen LogP contribution in [0.3, 0.4) is 0 Å². The first-order valence-corrected chi connectivity index (χ1v) is 9.27.